The van der Waals surface area contributed by atoms with Crippen molar-refractivity contribution in [2.24, 2.45) is 20.7 Å². The Hall–Kier alpha value is -3.89. The fraction of sp³-hybridized carbons (Fsp3) is 0.393. The van der Waals surface area contributed by atoms with E-state index in [1.165, 1.54) is 11.1 Å². The van der Waals surface area contributed by atoms with Crippen LogP contribution in [0.15, 0.2) is 81.5 Å². The molecule has 5 rings (SSSR count). The zero-order chi connectivity index (χ0) is 26.3. The van der Waals surface area contributed by atoms with Crippen molar-refractivity contribution in [2.45, 2.75) is 57.4 Å². The summed E-state index contributed by atoms with van der Waals surface area (Å²) >= 11 is 0. The quantitative estimate of drug-likeness (QED) is 0.417. The number of nitrogens with zero attached hydrogens (tertiary/aromatic N) is 7. The van der Waals surface area contributed by atoms with E-state index < -0.39 is 6.17 Å². The molecule has 2 N–H and O–H groups in total. The van der Waals surface area contributed by atoms with Crippen molar-refractivity contribution in [3.05, 3.63) is 77.7 Å². The summed E-state index contributed by atoms with van der Waals surface area (Å²) in [6, 6.07) is 17.7. The van der Waals surface area contributed by atoms with Crippen molar-refractivity contribution < 1.29 is 9.90 Å². The summed E-state index contributed by atoms with van der Waals surface area (Å²) in [5, 5.41) is 27.5. The van der Waals surface area contributed by atoms with E-state index in [1.54, 1.807) is 12.1 Å². The average molecular weight is 513 g/mol. The second-order valence-corrected chi connectivity index (χ2v) is 9.88. The third-order valence-electron chi connectivity index (χ3n) is 7.00. The predicted octanol–water partition coefficient (Wildman–Crippen LogP) is 4.31. The Labute approximate surface area is 221 Å². The number of aromatic hydroxyl groups is 1. The molecule has 10 heteroatoms. The van der Waals surface area contributed by atoms with Crippen LogP contribution in [0.4, 0.5) is 0 Å². The number of carbonyl (C=O) groups excluding carboxylic acids is 1. The van der Waals surface area contributed by atoms with Crippen LogP contribution in [0.1, 0.15) is 36.7 Å². The molecule has 2 aromatic carbocycles. The molecule has 10 nitrogen and oxygen atoms in total. The normalized spacial score (nSPS) is 19.7. The van der Waals surface area contributed by atoms with Crippen LogP contribution < -0.4 is 5.32 Å². The molecule has 38 heavy (non-hydrogen) atoms. The number of aromatic nitrogens is 2. The van der Waals surface area contributed by atoms with Gasteiger partial charge in [-0.15, -0.1) is 10.2 Å². The van der Waals surface area contributed by atoms with Gasteiger partial charge in [-0.25, -0.2) is 9.97 Å². The van der Waals surface area contributed by atoms with Gasteiger partial charge in [-0.05, 0) is 65.6 Å². The molecule has 0 unspecified atom stereocenters. The van der Waals surface area contributed by atoms with Crippen molar-refractivity contribution in [1.29, 1.82) is 0 Å². The highest BCUT2D eigenvalue weighted by molar-refractivity contribution is 5.85. The highest BCUT2D eigenvalue weighted by atomic mass is 16.3. The SMILES string of the molecule is C[C@H]1CN[C@H](C(=O)CC2N=NN=N2)CN1Cc1cccc(-c2ccnc(CCCc3ccc(O)cc3)n2)c1. The molecule has 3 aromatic rings. The van der Waals surface area contributed by atoms with Crippen molar-refractivity contribution in [1.82, 2.24) is 20.2 Å². The van der Waals surface area contributed by atoms with E-state index in [2.05, 4.69) is 67.1 Å². The number of rotatable bonds is 10. The molecule has 3 heterocycles. The zero-order valence-corrected chi connectivity index (χ0v) is 21.4. The second-order valence-electron chi connectivity index (χ2n) is 9.88. The van der Waals surface area contributed by atoms with E-state index in [-0.39, 0.29) is 24.0 Å². The molecular weight excluding hydrogens is 480 g/mol. The molecule has 2 aliphatic heterocycles. The van der Waals surface area contributed by atoms with E-state index >= 15 is 0 Å². The first-order valence-electron chi connectivity index (χ1n) is 13.0. The molecule has 0 radical (unpaired) electrons. The first-order chi connectivity index (χ1) is 18.5. The largest absolute Gasteiger partial charge is 0.508 e. The Balaban J connectivity index is 1.20. The van der Waals surface area contributed by atoms with Crippen LogP contribution >= 0.6 is 0 Å². The molecule has 2 atom stereocenters. The fourth-order valence-corrected chi connectivity index (χ4v) is 4.81. The van der Waals surface area contributed by atoms with Gasteiger partial charge in [0.15, 0.2) is 11.9 Å². The predicted molar refractivity (Wildman–Crippen MR) is 142 cm³/mol. The fourth-order valence-electron chi connectivity index (χ4n) is 4.81. The van der Waals surface area contributed by atoms with Gasteiger partial charge in [-0.2, -0.15) is 0 Å². The third kappa shape index (κ3) is 6.70. The van der Waals surface area contributed by atoms with E-state index in [4.69, 9.17) is 4.98 Å². The molecule has 1 aromatic heterocycles. The number of hydrogen-bond acceptors (Lipinski definition) is 10. The highest BCUT2D eigenvalue weighted by Gasteiger charge is 2.31. The summed E-state index contributed by atoms with van der Waals surface area (Å²) < 4.78 is 0. The van der Waals surface area contributed by atoms with Crippen LogP contribution in [-0.4, -0.2) is 57.1 Å². The maximum Gasteiger partial charge on any atom is 0.192 e. The number of carbonyl (C=O) groups is 1. The topological polar surface area (TPSA) is 128 Å². The summed E-state index contributed by atoms with van der Waals surface area (Å²) in [6.45, 7) is 4.28. The average Bonchev–Trinajstić information content (AvgIpc) is 3.44. The van der Waals surface area contributed by atoms with Crippen LogP contribution in [0.25, 0.3) is 11.3 Å². The maximum absolute atomic E-state index is 12.8. The number of ketones is 1. The molecule has 0 spiro atoms. The molecular formula is C28H32N8O2. The lowest BCUT2D eigenvalue weighted by Gasteiger charge is -2.38. The molecule has 0 amide bonds. The Bertz CT molecular complexity index is 1300. The van der Waals surface area contributed by atoms with Crippen LogP contribution in [-0.2, 0) is 24.2 Å². The minimum absolute atomic E-state index is 0.0828. The molecule has 1 saturated heterocycles. The molecule has 1 fully saturated rings. The number of Topliss-reactive ketones (excluding diaryl/α,β-unsaturated/α-hetero) is 1. The summed E-state index contributed by atoms with van der Waals surface area (Å²) in [5.74, 6) is 1.19. The Morgan fingerprint density at radius 3 is 2.68 bits per heavy atom. The van der Waals surface area contributed by atoms with Gasteiger partial charge in [0.2, 0.25) is 0 Å². The van der Waals surface area contributed by atoms with Gasteiger partial charge < -0.3 is 10.4 Å². The van der Waals surface area contributed by atoms with Gasteiger partial charge in [0.1, 0.15) is 11.6 Å². The lowest BCUT2D eigenvalue weighted by atomic mass is 10.0. The summed E-state index contributed by atoms with van der Waals surface area (Å²) in [5.41, 5.74) is 4.32. The molecule has 0 saturated carbocycles. The summed E-state index contributed by atoms with van der Waals surface area (Å²) in [6.07, 6.45) is 4.17. The van der Waals surface area contributed by atoms with E-state index in [0.717, 1.165) is 49.4 Å². The minimum Gasteiger partial charge on any atom is -0.508 e. The van der Waals surface area contributed by atoms with Crippen molar-refractivity contribution in [3.63, 3.8) is 0 Å². The maximum atomic E-state index is 12.8. The number of phenolic OH excluding ortho intramolecular Hbond substituents is 1. The van der Waals surface area contributed by atoms with E-state index in [9.17, 15) is 9.90 Å². The number of hydrogen-bond donors (Lipinski definition) is 2. The zero-order valence-electron chi connectivity index (χ0n) is 21.4. The number of benzene rings is 2. The number of nitrogens with one attached hydrogen (secondary N) is 1. The van der Waals surface area contributed by atoms with Crippen LogP contribution in [0.5, 0.6) is 5.75 Å². The monoisotopic (exact) mass is 512 g/mol. The molecule has 0 aliphatic carbocycles. The first kappa shape index (κ1) is 25.7. The van der Waals surface area contributed by atoms with Gasteiger partial charge in [0.25, 0.3) is 0 Å². The van der Waals surface area contributed by atoms with Gasteiger partial charge in [0.05, 0.1) is 18.2 Å². The lowest BCUT2D eigenvalue weighted by Crippen LogP contribution is -2.57. The van der Waals surface area contributed by atoms with Crippen LogP contribution in [0, 0.1) is 0 Å². The van der Waals surface area contributed by atoms with E-state index in [1.807, 2.05) is 24.4 Å². The molecule has 2 aliphatic rings. The highest BCUT2D eigenvalue weighted by Crippen LogP contribution is 2.22. The van der Waals surface area contributed by atoms with Gasteiger partial charge in [-0.3, -0.25) is 9.69 Å². The van der Waals surface area contributed by atoms with E-state index in [0.29, 0.717) is 12.6 Å². The minimum atomic E-state index is -0.487. The van der Waals surface area contributed by atoms with Gasteiger partial charge >= 0.3 is 0 Å². The van der Waals surface area contributed by atoms with Crippen LogP contribution in [0.3, 0.4) is 0 Å². The molecule has 196 valence electrons. The van der Waals surface area contributed by atoms with Gasteiger partial charge in [-0.1, -0.05) is 30.3 Å². The third-order valence-corrected chi connectivity index (χ3v) is 7.00. The van der Waals surface area contributed by atoms with Crippen molar-refractivity contribution in [3.8, 4) is 17.0 Å². The first-order valence-corrected chi connectivity index (χ1v) is 13.0. The standard InChI is InChI=1S/C28H32N8O2/c1-19-16-30-25(26(38)15-28-32-34-35-33-28)18-36(19)17-21-5-2-6-22(14-21)24-12-13-29-27(31-24)7-3-4-20-8-10-23(37)11-9-20/h2,5-6,8-14,19,25,28,30,37H,3-4,7,15-18H2,1H3/t19-,25-/m0/s1. The van der Waals surface area contributed by atoms with Crippen molar-refractivity contribution in [2.75, 3.05) is 13.1 Å². The van der Waals surface area contributed by atoms with Crippen molar-refractivity contribution >= 4 is 5.78 Å². The van der Waals surface area contributed by atoms with Gasteiger partial charge in [0, 0.05) is 43.9 Å². The number of phenols is 1. The lowest BCUT2D eigenvalue weighted by molar-refractivity contribution is -0.122. The summed E-state index contributed by atoms with van der Waals surface area (Å²) in [4.78, 5) is 24.4. The number of aryl methyl sites for hydroxylation is 2. The Morgan fingerprint density at radius 1 is 1.05 bits per heavy atom. The second kappa shape index (κ2) is 12.1. The Morgan fingerprint density at radius 2 is 1.87 bits per heavy atom. The smallest absolute Gasteiger partial charge is 0.192 e. The summed E-state index contributed by atoms with van der Waals surface area (Å²) in [7, 11) is 0. The number of piperazine rings is 1. The molecule has 0 bridgehead atoms. The van der Waals surface area contributed by atoms with Crippen LogP contribution in [0.2, 0.25) is 0 Å². The Kier molecular flexibility index (Phi) is 8.20.